The van der Waals surface area contributed by atoms with E-state index < -0.39 is 0 Å². The summed E-state index contributed by atoms with van der Waals surface area (Å²) in [5.41, 5.74) is 1.09. The quantitative estimate of drug-likeness (QED) is 0.541. The third-order valence-electron chi connectivity index (χ3n) is 2.16. The Balaban J connectivity index is 2.37. The van der Waals surface area contributed by atoms with E-state index in [1.807, 2.05) is 30.3 Å². The van der Waals surface area contributed by atoms with E-state index in [9.17, 15) is 9.59 Å². The van der Waals surface area contributed by atoms with Crippen molar-refractivity contribution in [3.63, 3.8) is 0 Å². The fourth-order valence-corrected chi connectivity index (χ4v) is 1.34. The maximum absolute atomic E-state index is 10.8. The Bertz CT molecular complexity index is 338. The molecule has 1 aromatic rings. The third-order valence-corrected chi connectivity index (χ3v) is 2.16. The molecule has 0 saturated carbocycles. The van der Waals surface area contributed by atoms with E-state index in [4.69, 9.17) is 0 Å². The minimum Gasteiger partial charge on any atom is -0.344 e. The molecule has 0 heterocycles. The van der Waals surface area contributed by atoms with Gasteiger partial charge in [0.15, 0.2) is 0 Å². The van der Waals surface area contributed by atoms with E-state index in [0.717, 1.165) is 11.8 Å². The van der Waals surface area contributed by atoms with Gasteiger partial charge in [-0.25, -0.2) is 0 Å². The Morgan fingerprint density at radius 1 is 1.38 bits per heavy atom. The van der Waals surface area contributed by atoms with Crippen LogP contribution in [0.5, 0.6) is 0 Å². The summed E-state index contributed by atoms with van der Waals surface area (Å²) in [6, 6.07) is 9.47. The summed E-state index contributed by atoms with van der Waals surface area (Å²) >= 11 is 0. The standard InChI is InChI=1S/C12H16N2O2/c1-10(16)13-9-14-12(8-15)7-11-5-3-2-4-6-11/h2-6,8,12,14H,7,9H2,1H3,(H,13,16)/t12-/m0/s1. The Morgan fingerprint density at radius 3 is 2.62 bits per heavy atom. The molecule has 2 N–H and O–H groups in total. The Kier molecular flexibility index (Phi) is 5.22. The van der Waals surface area contributed by atoms with Crippen LogP contribution in [0.25, 0.3) is 0 Å². The summed E-state index contributed by atoms with van der Waals surface area (Å²) in [6.45, 7) is 1.75. The van der Waals surface area contributed by atoms with Gasteiger partial charge < -0.3 is 10.1 Å². The number of rotatable bonds is 6. The molecular weight excluding hydrogens is 204 g/mol. The van der Waals surface area contributed by atoms with Crippen LogP contribution in [0, 0.1) is 0 Å². The molecule has 1 rings (SSSR count). The van der Waals surface area contributed by atoms with Gasteiger partial charge in [0, 0.05) is 6.92 Å². The minimum absolute atomic E-state index is 0.114. The molecule has 0 aliphatic heterocycles. The van der Waals surface area contributed by atoms with Gasteiger partial charge in [0.05, 0.1) is 12.7 Å². The van der Waals surface area contributed by atoms with E-state index in [0.29, 0.717) is 13.1 Å². The van der Waals surface area contributed by atoms with Gasteiger partial charge in [0.2, 0.25) is 5.91 Å². The summed E-state index contributed by atoms with van der Waals surface area (Å²) in [4.78, 5) is 21.4. The largest absolute Gasteiger partial charge is 0.344 e. The zero-order valence-corrected chi connectivity index (χ0v) is 9.27. The topological polar surface area (TPSA) is 58.2 Å². The number of aldehydes is 1. The van der Waals surface area contributed by atoms with Gasteiger partial charge in [-0.2, -0.15) is 0 Å². The number of hydrogen-bond acceptors (Lipinski definition) is 3. The molecule has 0 aromatic heterocycles. The smallest absolute Gasteiger partial charge is 0.217 e. The van der Waals surface area contributed by atoms with Crippen LogP contribution in [0.2, 0.25) is 0 Å². The predicted octanol–water partition coefficient (Wildman–Crippen LogP) is 0.480. The predicted molar refractivity (Wildman–Crippen MR) is 61.8 cm³/mol. The van der Waals surface area contributed by atoms with Crippen molar-refractivity contribution in [1.82, 2.24) is 10.6 Å². The summed E-state index contributed by atoms with van der Waals surface area (Å²) in [5.74, 6) is -0.114. The number of carbonyl (C=O) groups excluding carboxylic acids is 2. The van der Waals surface area contributed by atoms with Crippen molar-refractivity contribution >= 4 is 12.2 Å². The number of amides is 1. The maximum atomic E-state index is 10.8. The van der Waals surface area contributed by atoms with Crippen LogP contribution in [0.4, 0.5) is 0 Å². The van der Waals surface area contributed by atoms with Crippen molar-refractivity contribution in [1.29, 1.82) is 0 Å². The first-order valence-electron chi connectivity index (χ1n) is 5.19. The monoisotopic (exact) mass is 220 g/mol. The molecule has 0 aliphatic rings. The minimum atomic E-state index is -0.269. The van der Waals surface area contributed by atoms with Crippen LogP contribution >= 0.6 is 0 Å². The third kappa shape index (κ3) is 4.70. The lowest BCUT2D eigenvalue weighted by molar-refractivity contribution is -0.119. The highest BCUT2D eigenvalue weighted by Gasteiger charge is 2.06. The summed E-state index contributed by atoms with van der Waals surface area (Å²) in [7, 11) is 0. The van der Waals surface area contributed by atoms with E-state index in [1.165, 1.54) is 6.92 Å². The van der Waals surface area contributed by atoms with Crippen molar-refractivity contribution in [3.8, 4) is 0 Å². The lowest BCUT2D eigenvalue weighted by Gasteiger charge is -2.12. The van der Waals surface area contributed by atoms with Gasteiger partial charge in [-0.1, -0.05) is 30.3 Å². The molecule has 16 heavy (non-hydrogen) atoms. The van der Waals surface area contributed by atoms with Gasteiger partial charge in [-0.3, -0.25) is 10.1 Å². The summed E-state index contributed by atoms with van der Waals surface area (Å²) in [5, 5.41) is 5.54. The van der Waals surface area contributed by atoms with E-state index in [1.54, 1.807) is 0 Å². The van der Waals surface area contributed by atoms with Crippen molar-refractivity contribution in [2.45, 2.75) is 19.4 Å². The normalized spacial score (nSPS) is 11.8. The molecule has 0 bridgehead atoms. The SMILES string of the molecule is CC(=O)NCN[C@H](C=O)Cc1ccccc1. The molecular formula is C12H16N2O2. The first-order valence-corrected chi connectivity index (χ1v) is 5.19. The second-order valence-electron chi connectivity index (χ2n) is 3.55. The van der Waals surface area contributed by atoms with E-state index in [2.05, 4.69) is 10.6 Å². The van der Waals surface area contributed by atoms with Gasteiger partial charge in [-0.15, -0.1) is 0 Å². The average Bonchev–Trinajstić information content (AvgIpc) is 2.28. The number of benzene rings is 1. The van der Waals surface area contributed by atoms with E-state index in [-0.39, 0.29) is 11.9 Å². The maximum Gasteiger partial charge on any atom is 0.217 e. The molecule has 0 radical (unpaired) electrons. The van der Waals surface area contributed by atoms with Crippen molar-refractivity contribution < 1.29 is 9.59 Å². The van der Waals surface area contributed by atoms with Crippen LogP contribution in [-0.2, 0) is 16.0 Å². The van der Waals surface area contributed by atoms with Gasteiger partial charge in [0.25, 0.3) is 0 Å². The Hall–Kier alpha value is -1.68. The van der Waals surface area contributed by atoms with Crippen LogP contribution in [0.15, 0.2) is 30.3 Å². The molecule has 1 amide bonds. The van der Waals surface area contributed by atoms with E-state index >= 15 is 0 Å². The number of nitrogens with one attached hydrogen (secondary N) is 2. The zero-order chi connectivity index (χ0) is 11.8. The highest BCUT2D eigenvalue weighted by molar-refractivity contribution is 5.72. The highest BCUT2D eigenvalue weighted by atomic mass is 16.1. The summed E-state index contributed by atoms with van der Waals surface area (Å²) in [6.07, 6.45) is 1.48. The molecule has 0 unspecified atom stereocenters. The average molecular weight is 220 g/mol. The molecule has 1 aromatic carbocycles. The molecule has 0 fully saturated rings. The molecule has 0 saturated heterocycles. The molecule has 86 valence electrons. The molecule has 4 nitrogen and oxygen atoms in total. The van der Waals surface area contributed by atoms with Crippen molar-refractivity contribution in [2.75, 3.05) is 6.67 Å². The Morgan fingerprint density at radius 2 is 2.06 bits per heavy atom. The lowest BCUT2D eigenvalue weighted by Crippen LogP contribution is -2.40. The molecule has 4 heteroatoms. The van der Waals surface area contributed by atoms with Gasteiger partial charge in [0.1, 0.15) is 6.29 Å². The first kappa shape index (κ1) is 12.4. The van der Waals surface area contributed by atoms with Crippen LogP contribution in [0.3, 0.4) is 0 Å². The van der Waals surface area contributed by atoms with Gasteiger partial charge in [-0.05, 0) is 12.0 Å². The fourth-order valence-electron chi connectivity index (χ4n) is 1.34. The number of carbonyl (C=O) groups is 2. The van der Waals surface area contributed by atoms with Crippen LogP contribution in [0.1, 0.15) is 12.5 Å². The first-order chi connectivity index (χ1) is 7.72. The molecule has 0 spiro atoms. The Labute approximate surface area is 95.0 Å². The van der Waals surface area contributed by atoms with Gasteiger partial charge >= 0.3 is 0 Å². The van der Waals surface area contributed by atoms with Crippen LogP contribution < -0.4 is 10.6 Å². The van der Waals surface area contributed by atoms with Crippen LogP contribution in [-0.4, -0.2) is 24.9 Å². The lowest BCUT2D eigenvalue weighted by atomic mass is 10.1. The second-order valence-corrected chi connectivity index (χ2v) is 3.55. The molecule has 1 atom stereocenters. The second kappa shape index (κ2) is 6.74. The zero-order valence-electron chi connectivity index (χ0n) is 9.27. The van der Waals surface area contributed by atoms with Crippen molar-refractivity contribution in [2.24, 2.45) is 0 Å². The fraction of sp³-hybridized carbons (Fsp3) is 0.333. The molecule has 0 aliphatic carbocycles. The number of hydrogen-bond donors (Lipinski definition) is 2. The van der Waals surface area contributed by atoms with Crippen molar-refractivity contribution in [3.05, 3.63) is 35.9 Å². The summed E-state index contributed by atoms with van der Waals surface area (Å²) < 4.78 is 0. The highest BCUT2D eigenvalue weighted by Crippen LogP contribution is 2.01.